The summed E-state index contributed by atoms with van der Waals surface area (Å²) in [7, 11) is 0. The molecule has 6 heteroatoms. The van der Waals surface area contributed by atoms with Crippen LogP contribution in [0.25, 0.3) is 0 Å². The summed E-state index contributed by atoms with van der Waals surface area (Å²) in [4.78, 5) is 27.1. The van der Waals surface area contributed by atoms with E-state index in [1.165, 1.54) is 6.92 Å². The molecule has 0 saturated carbocycles. The molecule has 5 unspecified atom stereocenters. The molecule has 6 nitrogen and oxygen atoms in total. The average Bonchev–Trinajstić information content (AvgIpc) is 3.12. The second-order valence-electron chi connectivity index (χ2n) is 7.28. The highest BCUT2D eigenvalue weighted by atomic mass is 16.6. The van der Waals surface area contributed by atoms with Crippen LogP contribution in [0, 0.1) is 11.8 Å². The van der Waals surface area contributed by atoms with Crippen LogP contribution in [-0.4, -0.2) is 59.4 Å². The normalized spacial score (nSPS) is 41.0. The van der Waals surface area contributed by atoms with Crippen LogP contribution in [0.3, 0.4) is 0 Å². The number of carbonyl (C=O) groups excluding carboxylic acids is 2. The lowest BCUT2D eigenvalue weighted by atomic mass is 9.78. The van der Waals surface area contributed by atoms with Gasteiger partial charge in [0.2, 0.25) is 0 Å². The predicted octanol–water partition coefficient (Wildman–Crippen LogP) is 1.05. The summed E-state index contributed by atoms with van der Waals surface area (Å²) in [6.07, 6.45) is 2.53. The minimum atomic E-state index is -1.70. The third-order valence-electron chi connectivity index (χ3n) is 5.90. The topological polar surface area (TPSA) is 76.1 Å². The minimum absolute atomic E-state index is 0.0494. The molecule has 0 amide bonds. The van der Waals surface area contributed by atoms with Gasteiger partial charge in [-0.25, -0.2) is 9.59 Å². The van der Waals surface area contributed by atoms with Gasteiger partial charge in [-0.1, -0.05) is 26.5 Å². The van der Waals surface area contributed by atoms with E-state index >= 15 is 0 Å². The number of nitrogens with zero attached hydrogens (tertiary/aromatic N) is 1. The summed E-state index contributed by atoms with van der Waals surface area (Å²) in [5.74, 6) is -2.05. The van der Waals surface area contributed by atoms with Crippen LogP contribution in [0.4, 0.5) is 0 Å². The van der Waals surface area contributed by atoms with Crippen molar-refractivity contribution >= 4 is 11.9 Å². The Balaban J connectivity index is 1.92. The van der Waals surface area contributed by atoms with Gasteiger partial charge >= 0.3 is 11.9 Å². The molecule has 0 aromatic rings. The van der Waals surface area contributed by atoms with Crippen LogP contribution in [0.1, 0.15) is 27.2 Å². The van der Waals surface area contributed by atoms with E-state index in [4.69, 9.17) is 9.47 Å². The minimum Gasteiger partial charge on any atom is -0.459 e. The maximum Gasteiger partial charge on any atom is 0.338 e. The quantitative estimate of drug-likeness (QED) is 0.405. The van der Waals surface area contributed by atoms with Crippen molar-refractivity contribution in [3.8, 4) is 0 Å². The Morgan fingerprint density at radius 2 is 2.08 bits per heavy atom. The molecule has 2 saturated heterocycles. The Morgan fingerprint density at radius 3 is 2.79 bits per heavy atom. The van der Waals surface area contributed by atoms with Gasteiger partial charge in [0, 0.05) is 24.6 Å². The van der Waals surface area contributed by atoms with Crippen LogP contribution in [-0.2, 0) is 19.1 Å². The fourth-order valence-electron chi connectivity index (χ4n) is 3.79. The van der Waals surface area contributed by atoms with Crippen molar-refractivity contribution < 1.29 is 24.2 Å². The zero-order valence-corrected chi connectivity index (χ0v) is 14.4. The van der Waals surface area contributed by atoms with Crippen molar-refractivity contribution in [3.63, 3.8) is 0 Å². The predicted molar refractivity (Wildman–Crippen MR) is 87.0 cm³/mol. The molecule has 0 radical (unpaired) electrons. The Kier molecular flexibility index (Phi) is 4.30. The summed E-state index contributed by atoms with van der Waals surface area (Å²) in [5, 5.41) is 10.6. The molecule has 0 spiro atoms. The number of carbonyl (C=O) groups is 2. The van der Waals surface area contributed by atoms with Crippen molar-refractivity contribution in [2.24, 2.45) is 11.8 Å². The largest absolute Gasteiger partial charge is 0.459 e. The van der Waals surface area contributed by atoms with Crippen LogP contribution in [0.5, 0.6) is 0 Å². The summed E-state index contributed by atoms with van der Waals surface area (Å²) in [5.41, 5.74) is -0.491. The van der Waals surface area contributed by atoms with Gasteiger partial charge in [0.1, 0.15) is 12.7 Å². The molecule has 132 valence electrons. The summed E-state index contributed by atoms with van der Waals surface area (Å²) in [6.45, 7) is 10.5. The standard InChI is InChI=1S/C18H25NO5/c1-10-11(2)16(20)24-14-6-8-19-7-5-13(15(14)19)9-23-17(21)18(4,22)12(10)3/h5,10,12,14-15,22H,2,6-9H2,1,3-4H3. The van der Waals surface area contributed by atoms with E-state index in [-0.39, 0.29) is 24.3 Å². The van der Waals surface area contributed by atoms with Gasteiger partial charge in [0.15, 0.2) is 5.60 Å². The molecule has 3 rings (SSSR count). The second kappa shape index (κ2) is 6.01. The molecule has 0 aromatic carbocycles. The zero-order valence-electron chi connectivity index (χ0n) is 14.4. The number of hydrogen-bond donors (Lipinski definition) is 1. The van der Waals surface area contributed by atoms with Gasteiger partial charge in [-0.2, -0.15) is 0 Å². The Hall–Kier alpha value is -1.66. The van der Waals surface area contributed by atoms with Gasteiger partial charge in [0.25, 0.3) is 0 Å². The van der Waals surface area contributed by atoms with E-state index in [0.717, 1.165) is 25.1 Å². The first-order valence-corrected chi connectivity index (χ1v) is 8.45. The lowest BCUT2D eigenvalue weighted by Crippen LogP contribution is -2.47. The first kappa shape index (κ1) is 17.2. The first-order chi connectivity index (χ1) is 11.2. The molecule has 0 bridgehead atoms. The summed E-state index contributed by atoms with van der Waals surface area (Å²) >= 11 is 0. The maximum absolute atomic E-state index is 12.5. The highest BCUT2D eigenvalue weighted by Gasteiger charge is 2.46. The smallest absolute Gasteiger partial charge is 0.338 e. The van der Waals surface area contributed by atoms with Crippen LogP contribution >= 0.6 is 0 Å². The van der Waals surface area contributed by atoms with E-state index in [1.807, 2.05) is 6.08 Å². The van der Waals surface area contributed by atoms with Crippen LogP contribution in [0.2, 0.25) is 0 Å². The number of cyclic esters (lactones) is 1. The molecule has 1 N–H and O–H groups in total. The summed E-state index contributed by atoms with van der Waals surface area (Å²) < 4.78 is 11.1. The van der Waals surface area contributed by atoms with E-state index in [2.05, 4.69) is 11.5 Å². The molecule has 3 heterocycles. The summed E-state index contributed by atoms with van der Waals surface area (Å²) in [6, 6.07) is -0.0494. The van der Waals surface area contributed by atoms with Gasteiger partial charge in [-0.15, -0.1) is 0 Å². The van der Waals surface area contributed by atoms with Crippen LogP contribution < -0.4 is 0 Å². The molecule has 0 aromatic heterocycles. The second-order valence-corrected chi connectivity index (χ2v) is 7.28. The Morgan fingerprint density at radius 1 is 1.38 bits per heavy atom. The van der Waals surface area contributed by atoms with Crippen molar-refractivity contribution in [1.29, 1.82) is 0 Å². The molecule has 5 atom stereocenters. The van der Waals surface area contributed by atoms with Gasteiger partial charge in [-0.05, 0) is 24.8 Å². The molecule has 24 heavy (non-hydrogen) atoms. The molecule has 3 aliphatic rings. The SMILES string of the molecule is C=C1C(=O)OC2CCN3CC=C(COC(=O)C(C)(O)C(C)C1C)C23. The molecular formula is C18H25NO5. The number of aliphatic hydroxyl groups is 1. The average molecular weight is 335 g/mol. The van der Waals surface area contributed by atoms with E-state index in [1.54, 1.807) is 13.8 Å². The highest BCUT2D eigenvalue weighted by Crippen LogP contribution is 2.35. The van der Waals surface area contributed by atoms with Gasteiger partial charge in [0.05, 0.1) is 6.04 Å². The lowest BCUT2D eigenvalue weighted by molar-refractivity contribution is -0.170. The fourth-order valence-corrected chi connectivity index (χ4v) is 3.79. The lowest BCUT2D eigenvalue weighted by Gasteiger charge is -2.34. The van der Waals surface area contributed by atoms with Crippen molar-refractivity contribution in [1.82, 2.24) is 4.90 Å². The van der Waals surface area contributed by atoms with Crippen molar-refractivity contribution in [2.45, 2.75) is 44.9 Å². The molecular weight excluding hydrogens is 310 g/mol. The monoisotopic (exact) mass is 335 g/mol. The number of ether oxygens (including phenoxy) is 2. The molecule has 2 fully saturated rings. The number of hydrogen-bond acceptors (Lipinski definition) is 6. The van der Waals surface area contributed by atoms with E-state index in [0.29, 0.717) is 0 Å². The Bertz CT molecular complexity index is 609. The fraction of sp³-hybridized carbons (Fsp3) is 0.667. The van der Waals surface area contributed by atoms with Gasteiger partial charge in [-0.3, -0.25) is 4.90 Å². The highest BCUT2D eigenvalue weighted by molar-refractivity contribution is 5.89. The maximum atomic E-state index is 12.5. The van der Waals surface area contributed by atoms with Gasteiger partial charge < -0.3 is 14.6 Å². The third-order valence-corrected chi connectivity index (χ3v) is 5.90. The molecule has 0 aliphatic carbocycles. The van der Waals surface area contributed by atoms with Crippen LogP contribution in [0.15, 0.2) is 23.8 Å². The van der Waals surface area contributed by atoms with Crippen molar-refractivity contribution in [2.75, 3.05) is 19.7 Å². The number of rotatable bonds is 0. The third kappa shape index (κ3) is 2.67. The zero-order chi connectivity index (χ0) is 17.6. The van der Waals surface area contributed by atoms with E-state index < -0.39 is 29.4 Å². The van der Waals surface area contributed by atoms with E-state index in [9.17, 15) is 14.7 Å². The number of esters is 2. The Labute approximate surface area is 142 Å². The molecule has 3 aliphatic heterocycles. The van der Waals surface area contributed by atoms with Crippen molar-refractivity contribution in [3.05, 3.63) is 23.8 Å². The first-order valence-electron chi connectivity index (χ1n) is 8.45.